The van der Waals surface area contributed by atoms with Gasteiger partial charge in [-0.2, -0.15) is 0 Å². The number of allylic oxidation sites excluding steroid dienone is 1. The number of aliphatic hydroxyl groups is 1. The summed E-state index contributed by atoms with van der Waals surface area (Å²) < 4.78 is 19.3. The molecule has 6 nitrogen and oxygen atoms in total. The molecule has 1 aromatic carbocycles. The number of aromatic nitrogens is 2. The summed E-state index contributed by atoms with van der Waals surface area (Å²) in [7, 11) is 0. The molecule has 0 spiro atoms. The number of ether oxygens (including phenoxy) is 1. The number of aryl methyl sites for hydroxylation is 1. The smallest absolute Gasteiger partial charge is 0.223 e. The highest BCUT2D eigenvalue weighted by molar-refractivity contribution is 6.05. The summed E-state index contributed by atoms with van der Waals surface area (Å²) in [6.45, 7) is 10.9. The van der Waals surface area contributed by atoms with Crippen molar-refractivity contribution in [3.63, 3.8) is 0 Å². The molecule has 0 radical (unpaired) electrons. The first-order valence-electron chi connectivity index (χ1n) is 10.0. The minimum Gasteiger partial charge on any atom is -0.453 e. The Morgan fingerprint density at radius 3 is 2.57 bits per heavy atom. The van der Waals surface area contributed by atoms with Crippen LogP contribution >= 0.6 is 0 Å². The molecule has 30 heavy (non-hydrogen) atoms. The van der Waals surface area contributed by atoms with E-state index in [2.05, 4.69) is 15.3 Å². The topological polar surface area (TPSA) is 84.3 Å². The van der Waals surface area contributed by atoms with E-state index in [1.807, 2.05) is 20.8 Å². The van der Waals surface area contributed by atoms with Crippen molar-refractivity contribution in [2.45, 2.75) is 59.1 Å². The Morgan fingerprint density at radius 2 is 1.97 bits per heavy atom. The third kappa shape index (κ3) is 4.51. The number of Topliss-reactive ketones (excluding diaryl/α,β-unsaturated/α-hetero) is 1. The van der Waals surface area contributed by atoms with Gasteiger partial charge in [-0.25, -0.2) is 14.4 Å². The average molecular weight is 413 g/mol. The van der Waals surface area contributed by atoms with Gasteiger partial charge in [-0.05, 0) is 63.5 Å². The maximum Gasteiger partial charge on any atom is 0.223 e. The van der Waals surface area contributed by atoms with Gasteiger partial charge in [-0.15, -0.1) is 0 Å². The number of nitrogens with one attached hydrogen (secondary N) is 1. The van der Waals surface area contributed by atoms with Crippen molar-refractivity contribution in [2.75, 3.05) is 5.32 Å². The van der Waals surface area contributed by atoms with Crippen LogP contribution in [0.1, 0.15) is 57.4 Å². The average Bonchev–Trinajstić information content (AvgIpc) is 2.63. The number of rotatable bonds is 6. The Labute approximate surface area is 176 Å². The zero-order valence-corrected chi connectivity index (χ0v) is 18.2. The zero-order valence-electron chi connectivity index (χ0n) is 18.2. The van der Waals surface area contributed by atoms with E-state index in [0.717, 1.165) is 0 Å². The van der Waals surface area contributed by atoms with Crippen LogP contribution in [0.2, 0.25) is 0 Å². The molecule has 1 aliphatic carbocycles. The Kier molecular flexibility index (Phi) is 5.94. The predicted molar refractivity (Wildman–Crippen MR) is 114 cm³/mol. The van der Waals surface area contributed by atoms with Gasteiger partial charge in [-0.1, -0.05) is 13.8 Å². The quantitative estimate of drug-likeness (QED) is 0.737. The first-order valence-corrected chi connectivity index (χ1v) is 10.0. The molecule has 2 aromatic rings. The fourth-order valence-corrected chi connectivity index (χ4v) is 3.24. The second-order valence-corrected chi connectivity index (χ2v) is 8.66. The molecule has 0 amide bonds. The minimum absolute atomic E-state index is 0.0210. The Morgan fingerprint density at radius 1 is 1.27 bits per heavy atom. The summed E-state index contributed by atoms with van der Waals surface area (Å²) in [6, 6.07) is 3.89. The molecule has 2 N–H and O–H groups in total. The number of hydrogen-bond donors (Lipinski definition) is 2. The van der Waals surface area contributed by atoms with E-state index in [-0.39, 0.29) is 29.3 Å². The van der Waals surface area contributed by atoms with Gasteiger partial charge in [0, 0.05) is 11.8 Å². The van der Waals surface area contributed by atoms with Crippen LogP contribution in [0.3, 0.4) is 0 Å². The zero-order chi connectivity index (χ0) is 22.2. The first kappa shape index (κ1) is 21.9. The molecular formula is C23H28FN3O3. The lowest BCUT2D eigenvalue weighted by Crippen LogP contribution is -2.40. The molecule has 1 aliphatic rings. The van der Waals surface area contributed by atoms with Gasteiger partial charge in [0.2, 0.25) is 11.7 Å². The molecule has 7 heteroatoms. The van der Waals surface area contributed by atoms with E-state index in [1.54, 1.807) is 33.0 Å². The second kappa shape index (κ2) is 8.14. The summed E-state index contributed by atoms with van der Waals surface area (Å²) in [5.74, 6) is -0.0855. The van der Waals surface area contributed by atoms with E-state index in [0.29, 0.717) is 28.5 Å². The van der Waals surface area contributed by atoms with Crippen molar-refractivity contribution >= 4 is 17.8 Å². The van der Waals surface area contributed by atoms with Gasteiger partial charge in [-0.3, -0.25) is 4.79 Å². The Balaban J connectivity index is 1.98. The standard InChI is InChI=1S/C23H28FN3O3/c1-12(2)19-20-15(11-25-22(27-20)26-14(4)23(5,6)29)10-18(21(19)28)30-17-8-7-16(24)9-13(17)3/h7-12,14,19,29H,1-6H3,(H,25,26,27)/t14-,19?/m0/s1. The van der Waals surface area contributed by atoms with Crippen LogP contribution < -0.4 is 10.1 Å². The van der Waals surface area contributed by atoms with Crippen LogP contribution in [0.5, 0.6) is 5.75 Å². The van der Waals surface area contributed by atoms with Crippen LogP contribution in [0.25, 0.3) is 6.08 Å². The molecule has 1 unspecified atom stereocenters. The maximum atomic E-state index is 13.4. The number of benzene rings is 1. The fraction of sp³-hybridized carbons (Fsp3) is 0.435. The lowest BCUT2D eigenvalue weighted by Gasteiger charge is -2.29. The molecule has 2 atom stereocenters. The molecule has 0 saturated carbocycles. The van der Waals surface area contributed by atoms with Crippen molar-refractivity contribution in [1.29, 1.82) is 0 Å². The normalized spacial score (nSPS) is 17.4. The first-order chi connectivity index (χ1) is 14.0. The van der Waals surface area contributed by atoms with E-state index < -0.39 is 11.5 Å². The third-order valence-corrected chi connectivity index (χ3v) is 5.38. The molecule has 0 saturated heterocycles. The Bertz CT molecular complexity index is 996. The number of ketones is 1. The number of nitrogens with zero attached hydrogens (tertiary/aromatic N) is 2. The van der Waals surface area contributed by atoms with Crippen LogP contribution in [0.4, 0.5) is 10.3 Å². The SMILES string of the molecule is Cc1cc(F)ccc1OC1=Cc2cnc(N[C@@H](C)C(C)(C)O)nc2C(C(C)C)C1=O. The minimum atomic E-state index is -0.958. The lowest BCUT2D eigenvalue weighted by molar-refractivity contribution is -0.120. The van der Waals surface area contributed by atoms with Crippen LogP contribution in [0.15, 0.2) is 30.2 Å². The summed E-state index contributed by atoms with van der Waals surface area (Å²) in [6.07, 6.45) is 3.27. The molecule has 160 valence electrons. The van der Waals surface area contributed by atoms with Gasteiger partial charge in [0.15, 0.2) is 5.76 Å². The third-order valence-electron chi connectivity index (χ3n) is 5.38. The molecule has 3 rings (SSSR count). The van der Waals surface area contributed by atoms with Gasteiger partial charge < -0.3 is 15.2 Å². The highest BCUT2D eigenvalue weighted by Gasteiger charge is 2.36. The van der Waals surface area contributed by atoms with Crippen molar-refractivity contribution in [2.24, 2.45) is 5.92 Å². The Hall–Kier alpha value is -2.80. The van der Waals surface area contributed by atoms with E-state index in [4.69, 9.17) is 4.74 Å². The number of fused-ring (bicyclic) bond motifs is 1. The van der Waals surface area contributed by atoms with Crippen LogP contribution in [0, 0.1) is 18.7 Å². The van der Waals surface area contributed by atoms with Gasteiger partial charge in [0.1, 0.15) is 11.6 Å². The number of carbonyl (C=O) groups is 1. The highest BCUT2D eigenvalue weighted by Crippen LogP contribution is 2.36. The number of halogens is 1. The number of hydrogen-bond acceptors (Lipinski definition) is 6. The van der Waals surface area contributed by atoms with Crippen molar-refractivity contribution < 1.29 is 19.0 Å². The highest BCUT2D eigenvalue weighted by atomic mass is 19.1. The fourth-order valence-electron chi connectivity index (χ4n) is 3.24. The van der Waals surface area contributed by atoms with E-state index in [9.17, 15) is 14.3 Å². The maximum absolute atomic E-state index is 13.4. The number of carbonyl (C=O) groups excluding carboxylic acids is 1. The van der Waals surface area contributed by atoms with Crippen molar-refractivity contribution in [1.82, 2.24) is 9.97 Å². The van der Waals surface area contributed by atoms with Crippen LogP contribution in [-0.4, -0.2) is 32.5 Å². The second-order valence-electron chi connectivity index (χ2n) is 8.66. The molecule has 0 aliphatic heterocycles. The summed E-state index contributed by atoms with van der Waals surface area (Å²) in [4.78, 5) is 22.1. The molecule has 0 bridgehead atoms. The molecule has 0 fully saturated rings. The summed E-state index contributed by atoms with van der Waals surface area (Å²) in [5, 5.41) is 13.3. The van der Waals surface area contributed by atoms with Crippen LogP contribution in [-0.2, 0) is 4.79 Å². The van der Waals surface area contributed by atoms with Gasteiger partial charge in [0.25, 0.3) is 0 Å². The summed E-state index contributed by atoms with van der Waals surface area (Å²) >= 11 is 0. The van der Waals surface area contributed by atoms with Gasteiger partial charge >= 0.3 is 0 Å². The van der Waals surface area contributed by atoms with E-state index >= 15 is 0 Å². The van der Waals surface area contributed by atoms with Crippen molar-refractivity contribution in [3.8, 4) is 5.75 Å². The molecule has 1 aromatic heterocycles. The van der Waals surface area contributed by atoms with Gasteiger partial charge in [0.05, 0.1) is 23.3 Å². The number of anilines is 1. The predicted octanol–water partition coefficient (Wildman–Crippen LogP) is 4.24. The molecular weight excluding hydrogens is 385 g/mol. The molecule has 1 heterocycles. The van der Waals surface area contributed by atoms with E-state index in [1.165, 1.54) is 18.2 Å². The summed E-state index contributed by atoms with van der Waals surface area (Å²) in [5.41, 5.74) is 0.968. The van der Waals surface area contributed by atoms with Crippen molar-refractivity contribution in [3.05, 3.63) is 52.8 Å². The monoisotopic (exact) mass is 413 g/mol. The lowest BCUT2D eigenvalue weighted by atomic mass is 9.82. The largest absolute Gasteiger partial charge is 0.453 e.